The summed E-state index contributed by atoms with van der Waals surface area (Å²) >= 11 is 0. The SMILES string of the molecule is CCCN(C)C(=O)C(C1CCCC1)N1CCN(C(=O)OC)CC1. The Kier molecular flexibility index (Phi) is 6.69. The zero-order valence-electron chi connectivity index (χ0n) is 14.8. The van der Waals surface area contributed by atoms with E-state index in [1.54, 1.807) is 4.90 Å². The number of hydrogen-bond donors (Lipinski definition) is 0. The first-order chi connectivity index (χ1) is 11.1. The zero-order valence-corrected chi connectivity index (χ0v) is 14.8. The van der Waals surface area contributed by atoms with E-state index in [0.717, 1.165) is 38.9 Å². The fourth-order valence-corrected chi connectivity index (χ4v) is 3.91. The van der Waals surface area contributed by atoms with Crippen LogP contribution in [0.25, 0.3) is 0 Å². The average molecular weight is 325 g/mol. The Bertz CT molecular complexity index is 402. The Morgan fingerprint density at radius 3 is 2.30 bits per heavy atom. The Morgan fingerprint density at radius 1 is 1.17 bits per heavy atom. The molecule has 1 aliphatic heterocycles. The van der Waals surface area contributed by atoms with Crippen molar-refractivity contribution in [1.82, 2.24) is 14.7 Å². The quantitative estimate of drug-likeness (QED) is 0.773. The second kappa shape index (κ2) is 8.52. The molecule has 1 heterocycles. The van der Waals surface area contributed by atoms with E-state index in [1.165, 1.54) is 20.0 Å². The van der Waals surface area contributed by atoms with Gasteiger partial charge < -0.3 is 14.5 Å². The van der Waals surface area contributed by atoms with Gasteiger partial charge in [0.1, 0.15) is 0 Å². The first-order valence-corrected chi connectivity index (χ1v) is 8.90. The van der Waals surface area contributed by atoms with E-state index in [4.69, 9.17) is 4.74 Å². The van der Waals surface area contributed by atoms with Crippen molar-refractivity contribution in [3.8, 4) is 0 Å². The molecule has 2 amide bonds. The standard InChI is InChI=1S/C17H31N3O3/c1-4-9-18(2)16(21)15(14-7-5-6-8-14)19-10-12-20(13-11-19)17(22)23-3/h14-15H,4-13H2,1-3H3. The van der Waals surface area contributed by atoms with Crippen molar-refractivity contribution in [3.05, 3.63) is 0 Å². The molecule has 1 saturated heterocycles. The third-order valence-corrected chi connectivity index (χ3v) is 5.18. The molecule has 6 nitrogen and oxygen atoms in total. The molecule has 0 aromatic rings. The second-order valence-corrected chi connectivity index (χ2v) is 6.74. The van der Waals surface area contributed by atoms with E-state index in [2.05, 4.69) is 11.8 Å². The van der Waals surface area contributed by atoms with Crippen LogP contribution < -0.4 is 0 Å². The van der Waals surface area contributed by atoms with E-state index in [-0.39, 0.29) is 18.0 Å². The van der Waals surface area contributed by atoms with Crippen LogP contribution in [-0.2, 0) is 9.53 Å². The normalized spacial score (nSPS) is 21.3. The van der Waals surface area contributed by atoms with Crippen LogP contribution in [0.5, 0.6) is 0 Å². The number of carbonyl (C=O) groups excluding carboxylic acids is 2. The molecular weight excluding hydrogens is 294 g/mol. The highest BCUT2D eigenvalue weighted by molar-refractivity contribution is 5.82. The molecule has 1 unspecified atom stereocenters. The molecule has 0 aromatic carbocycles. The minimum absolute atomic E-state index is 0.0196. The summed E-state index contributed by atoms with van der Waals surface area (Å²) in [6, 6.07) is -0.0196. The molecule has 1 atom stereocenters. The molecule has 0 bridgehead atoms. The molecule has 6 heteroatoms. The molecule has 23 heavy (non-hydrogen) atoms. The molecule has 0 aromatic heterocycles. The summed E-state index contributed by atoms with van der Waals surface area (Å²) in [6.07, 6.45) is 5.47. The van der Waals surface area contributed by atoms with Crippen LogP contribution in [0.2, 0.25) is 0 Å². The van der Waals surface area contributed by atoms with Crippen molar-refractivity contribution in [2.75, 3.05) is 46.9 Å². The monoisotopic (exact) mass is 325 g/mol. The van der Waals surface area contributed by atoms with Gasteiger partial charge in [-0.2, -0.15) is 0 Å². The third-order valence-electron chi connectivity index (χ3n) is 5.18. The summed E-state index contributed by atoms with van der Waals surface area (Å²) in [5, 5.41) is 0. The van der Waals surface area contributed by atoms with Gasteiger partial charge in [0, 0.05) is 39.8 Å². The first kappa shape index (κ1) is 18.0. The molecule has 0 spiro atoms. The Labute approximate surface area is 139 Å². The van der Waals surface area contributed by atoms with Crippen molar-refractivity contribution in [3.63, 3.8) is 0 Å². The molecule has 1 aliphatic carbocycles. The molecule has 0 radical (unpaired) electrons. The van der Waals surface area contributed by atoms with Gasteiger partial charge >= 0.3 is 6.09 Å². The number of amides is 2. The summed E-state index contributed by atoms with van der Waals surface area (Å²) < 4.78 is 4.80. The number of rotatable bonds is 5. The van der Waals surface area contributed by atoms with E-state index >= 15 is 0 Å². The van der Waals surface area contributed by atoms with E-state index in [0.29, 0.717) is 19.0 Å². The third kappa shape index (κ3) is 4.37. The van der Waals surface area contributed by atoms with Crippen LogP contribution in [0, 0.1) is 5.92 Å². The lowest BCUT2D eigenvalue weighted by molar-refractivity contribution is -0.138. The maximum Gasteiger partial charge on any atom is 0.409 e. The van der Waals surface area contributed by atoms with Crippen molar-refractivity contribution >= 4 is 12.0 Å². The Morgan fingerprint density at radius 2 is 1.78 bits per heavy atom. The first-order valence-electron chi connectivity index (χ1n) is 8.90. The predicted molar refractivity (Wildman–Crippen MR) is 89.2 cm³/mol. The second-order valence-electron chi connectivity index (χ2n) is 6.74. The molecular formula is C17H31N3O3. The van der Waals surface area contributed by atoms with Crippen molar-refractivity contribution in [2.45, 2.75) is 45.1 Å². The summed E-state index contributed by atoms with van der Waals surface area (Å²) in [4.78, 5) is 30.5. The number of nitrogens with zero attached hydrogens (tertiary/aromatic N) is 3. The Balaban J connectivity index is 2.03. The highest BCUT2D eigenvalue weighted by atomic mass is 16.5. The van der Waals surface area contributed by atoms with Crippen molar-refractivity contribution in [2.24, 2.45) is 5.92 Å². The van der Waals surface area contributed by atoms with Gasteiger partial charge in [-0.15, -0.1) is 0 Å². The minimum atomic E-state index is -0.267. The summed E-state index contributed by atoms with van der Waals surface area (Å²) in [5.41, 5.74) is 0. The number of methoxy groups -OCH3 is 1. The predicted octanol–water partition coefficient (Wildman–Crippen LogP) is 1.80. The average Bonchev–Trinajstić information content (AvgIpc) is 3.09. The maximum absolute atomic E-state index is 13.0. The zero-order chi connectivity index (χ0) is 16.8. The van der Waals surface area contributed by atoms with Gasteiger partial charge in [-0.25, -0.2) is 4.79 Å². The highest BCUT2D eigenvalue weighted by Crippen LogP contribution is 2.31. The maximum atomic E-state index is 13.0. The Hall–Kier alpha value is -1.30. The molecule has 2 aliphatic rings. The van der Waals surface area contributed by atoms with Crippen LogP contribution in [0.4, 0.5) is 4.79 Å². The lowest BCUT2D eigenvalue weighted by atomic mass is 9.94. The van der Waals surface area contributed by atoms with Crippen LogP contribution in [0.1, 0.15) is 39.0 Å². The fraction of sp³-hybridized carbons (Fsp3) is 0.882. The number of ether oxygens (including phenoxy) is 1. The lowest BCUT2D eigenvalue weighted by Crippen LogP contribution is -2.58. The van der Waals surface area contributed by atoms with Crippen molar-refractivity contribution in [1.29, 1.82) is 0 Å². The topological polar surface area (TPSA) is 53.1 Å². The van der Waals surface area contributed by atoms with E-state index < -0.39 is 0 Å². The lowest BCUT2D eigenvalue weighted by Gasteiger charge is -2.41. The summed E-state index contributed by atoms with van der Waals surface area (Å²) in [6.45, 7) is 5.69. The minimum Gasteiger partial charge on any atom is -0.453 e. The largest absolute Gasteiger partial charge is 0.453 e. The summed E-state index contributed by atoms with van der Waals surface area (Å²) in [7, 11) is 3.33. The van der Waals surface area contributed by atoms with Gasteiger partial charge in [0.2, 0.25) is 5.91 Å². The number of piperazine rings is 1. The highest BCUT2D eigenvalue weighted by Gasteiger charge is 2.38. The van der Waals surface area contributed by atoms with Crippen LogP contribution in [0.15, 0.2) is 0 Å². The fourth-order valence-electron chi connectivity index (χ4n) is 3.91. The van der Waals surface area contributed by atoms with Crippen LogP contribution in [-0.4, -0.2) is 79.6 Å². The van der Waals surface area contributed by atoms with Gasteiger partial charge in [0.15, 0.2) is 0 Å². The smallest absolute Gasteiger partial charge is 0.409 e. The van der Waals surface area contributed by atoms with Gasteiger partial charge in [-0.3, -0.25) is 9.69 Å². The van der Waals surface area contributed by atoms with Crippen molar-refractivity contribution < 1.29 is 14.3 Å². The molecule has 2 fully saturated rings. The molecule has 1 saturated carbocycles. The number of carbonyl (C=O) groups is 2. The molecule has 2 rings (SSSR count). The van der Waals surface area contributed by atoms with Gasteiger partial charge in [-0.05, 0) is 25.2 Å². The van der Waals surface area contributed by atoms with E-state index in [1.807, 2.05) is 11.9 Å². The van der Waals surface area contributed by atoms with Crippen LogP contribution >= 0.6 is 0 Å². The molecule has 132 valence electrons. The summed E-state index contributed by atoms with van der Waals surface area (Å²) in [5.74, 6) is 0.719. The number of likely N-dealkylation sites (N-methyl/N-ethyl adjacent to an activating group) is 1. The van der Waals surface area contributed by atoms with Gasteiger partial charge in [0.25, 0.3) is 0 Å². The van der Waals surface area contributed by atoms with Crippen LogP contribution in [0.3, 0.4) is 0 Å². The molecule has 0 N–H and O–H groups in total. The van der Waals surface area contributed by atoms with E-state index in [9.17, 15) is 9.59 Å². The number of hydrogen-bond acceptors (Lipinski definition) is 4. The van der Waals surface area contributed by atoms with Gasteiger partial charge in [0.05, 0.1) is 13.2 Å². The van der Waals surface area contributed by atoms with Gasteiger partial charge in [-0.1, -0.05) is 19.8 Å².